The Hall–Kier alpha value is -3.38. The first kappa shape index (κ1) is 20.4. The molecule has 0 radical (unpaired) electrons. The van der Waals surface area contributed by atoms with Gasteiger partial charge in [0.05, 0.1) is 19.1 Å². The average molecular weight is 419 g/mol. The van der Waals surface area contributed by atoms with Crippen LogP contribution in [0.3, 0.4) is 0 Å². The lowest BCUT2D eigenvalue weighted by Crippen LogP contribution is -2.12. The molecule has 0 aliphatic carbocycles. The summed E-state index contributed by atoms with van der Waals surface area (Å²) in [6, 6.07) is 3.01. The zero-order chi connectivity index (χ0) is 21.2. The third-order valence-electron chi connectivity index (χ3n) is 3.58. The maximum atomic E-state index is 13.0. The van der Waals surface area contributed by atoms with Gasteiger partial charge in [-0.3, -0.25) is 0 Å². The van der Waals surface area contributed by atoms with E-state index < -0.39 is 30.0 Å². The quantitative estimate of drug-likeness (QED) is 0.580. The molecule has 2 aromatic heterocycles. The van der Waals surface area contributed by atoms with Crippen molar-refractivity contribution in [2.45, 2.75) is 18.8 Å². The molecule has 0 aliphatic rings. The van der Waals surface area contributed by atoms with Gasteiger partial charge in [-0.25, -0.2) is 14.3 Å². The number of alkyl halides is 6. The number of methoxy groups -OCH3 is 1. The second-order valence-corrected chi connectivity index (χ2v) is 5.70. The van der Waals surface area contributed by atoms with Gasteiger partial charge < -0.3 is 4.74 Å². The molecule has 0 spiro atoms. The lowest BCUT2D eigenvalue weighted by molar-refractivity contribution is -0.137. The topological polar surface area (TPSA) is 78.9 Å². The Kier molecular flexibility index (Phi) is 5.31. The molecule has 0 saturated carbocycles. The van der Waals surface area contributed by atoms with Crippen LogP contribution in [0.2, 0.25) is 0 Å². The summed E-state index contributed by atoms with van der Waals surface area (Å²) in [6.45, 7) is 0. The van der Waals surface area contributed by atoms with Gasteiger partial charge in [0.2, 0.25) is 0 Å². The van der Waals surface area contributed by atoms with E-state index in [2.05, 4.69) is 25.0 Å². The summed E-state index contributed by atoms with van der Waals surface area (Å²) in [7, 11) is 1.22. The van der Waals surface area contributed by atoms with Gasteiger partial charge in [-0.1, -0.05) is 10.3 Å². The minimum atomic E-state index is -4.60. The van der Waals surface area contributed by atoms with E-state index in [4.69, 9.17) is 4.74 Å². The van der Waals surface area contributed by atoms with Crippen LogP contribution in [0.25, 0.3) is 23.7 Å². The molecule has 7 nitrogen and oxygen atoms in total. The van der Waals surface area contributed by atoms with E-state index in [1.165, 1.54) is 19.4 Å². The van der Waals surface area contributed by atoms with Crippen molar-refractivity contribution in [1.29, 1.82) is 0 Å². The highest BCUT2D eigenvalue weighted by atomic mass is 19.4. The molecule has 0 saturated heterocycles. The molecule has 3 rings (SSSR count). The van der Waals surface area contributed by atoms with Gasteiger partial charge in [-0.2, -0.15) is 26.3 Å². The fourth-order valence-corrected chi connectivity index (χ4v) is 2.29. The smallest absolute Gasteiger partial charge is 0.416 e. The Bertz CT molecular complexity index is 1020. The molecule has 29 heavy (non-hydrogen) atoms. The summed E-state index contributed by atoms with van der Waals surface area (Å²) >= 11 is 0. The van der Waals surface area contributed by atoms with Crippen molar-refractivity contribution < 1.29 is 35.7 Å². The summed E-state index contributed by atoms with van der Waals surface area (Å²) in [5.41, 5.74) is -1.48. The molecular weight excluding hydrogens is 408 g/mol. The van der Waals surface area contributed by atoms with E-state index in [1.807, 2.05) is 0 Å². The zero-order valence-electron chi connectivity index (χ0n) is 14.5. The Balaban J connectivity index is 1.85. The highest BCUT2D eigenvalue weighted by Crippen LogP contribution is 2.34. The molecule has 1 aromatic carbocycles. The van der Waals surface area contributed by atoms with Crippen LogP contribution in [-0.2, 0) is 12.6 Å². The minimum Gasteiger partial charge on any atom is -0.497 e. The molecule has 0 N–H and O–H groups in total. The summed E-state index contributed by atoms with van der Waals surface area (Å²) in [6.07, 6.45) is -6.90. The Morgan fingerprint density at radius 2 is 1.86 bits per heavy atom. The number of nitrogens with zero attached hydrogens (tertiary/aromatic N) is 5. The van der Waals surface area contributed by atoms with E-state index in [0.29, 0.717) is 0 Å². The maximum Gasteiger partial charge on any atom is 0.416 e. The molecule has 3 aromatic rings. The predicted molar refractivity (Wildman–Crippen MR) is 86.3 cm³/mol. The van der Waals surface area contributed by atoms with E-state index in [1.54, 1.807) is 0 Å². The summed E-state index contributed by atoms with van der Waals surface area (Å²) in [4.78, 5) is 3.91. The molecule has 0 unspecified atom stereocenters. The van der Waals surface area contributed by atoms with E-state index >= 15 is 0 Å². The second-order valence-electron chi connectivity index (χ2n) is 5.70. The number of hydrogen-bond donors (Lipinski definition) is 0. The van der Waals surface area contributed by atoms with Crippen molar-refractivity contribution in [2.24, 2.45) is 0 Å². The van der Waals surface area contributed by atoms with Crippen molar-refractivity contribution >= 4 is 12.3 Å². The Labute approximate surface area is 158 Å². The fourth-order valence-electron chi connectivity index (χ4n) is 2.29. The molecule has 0 aliphatic heterocycles. The summed E-state index contributed by atoms with van der Waals surface area (Å²) in [5.74, 6) is -0.0833. The largest absolute Gasteiger partial charge is 0.497 e. The molecule has 0 fully saturated rings. The van der Waals surface area contributed by atoms with Gasteiger partial charge in [0.25, 0.3) is 0 Å². The lowest BCUT2D eigenvalue weighted by Gasteiger charge is -2.10. The van der Waals surface area contributed by atoms with Crippen LogP contribution in [0.15, 0.2) is 29.2 Å². The number of aromatic nitrogens is 5. The number of rotatable bonds is 5. The molecule has 0 atom stereocenters. The van der Waals surface area contributed by atoms with Gasteiger partial charge in [0.15, 0.2) is 5.82 Å². The Morgan fingerprint density at radius 3 is 2.52 bits per heavy atom. The van der Waals surface area contributed by atoms with Crippen molar-refractivity contribution in [3.05, 3.63) is 41.5 Å². The molecule has 154 valence electrons. The minimum absolute atomic E-state index is 0.0350. The monoisotopic (exact) mass is 419 g/mol. The zero-order valence-corrected chi connectivity index (χ0v) is 14.5. The maximum absolute atomic E-state index is 13.0. The predicted octanol–water partition coefficient (Wildman–Crippen LogP) is 4.09. The van der Waals surface area contributed by atoms with Crippen LogP contribution in [0.4, 0.5) is 26.3 Å². The normalized spacial score (nSPS) is 12.7. The summed E-state index contributed by atoms with van der Waals surface area (Å²) in [5, 5.41) is 10.5. The second kappa shape index (κ2) is 7.56. The highest BCUT2D eigenvalue weighted by molar-refractivity contribution is 5.61. The third-order valence-corrected chi connectivity index (χ3v) is 3.58. The van der Waals surface area contributed by atoms with Gasteiger partial charge in [0.1, 0.15) is 23.5 Å². The first-order valence-corrected chi connectivity index (χ1v) is 7.79. The highest BCUT2D eigenvalue weighted by Gasteiger charge is 2.32. The van der Waals surface area contributed by atoms with Crippen LogP contribution in [0, 0.1) is 0 Å². The van der Waals surface area contributed by atoms with Crippen molar-refractivity contribution in [3.63, 3.8) is 0 Å². The van der Waals surface area contributed by atoms with Crippen LogP contribution in [-0.4, -0.2) is 38.4 Å². The van der Waals surface area contributed by atoms with Crippen molar-refractivity contribution in [3.8, 4) is 17.1 Å². The standard InChI is InChI=1S/C16H11F6N5O2/c1-28-11-5-9(4-10(6-11)16(20,21)22)14-23-8-27(24-14)3-2-12-13(26-29-25-12)7-15(17,18)19/h2-6,8H,7H2,1H3/b3-2-. The van der Waals surface area contributed by atoms with Gasteiger partial charge in [-0.15, -0.1) is 5.10 Å². The van der Waals surface area contributed by atoms with E-state index in [0.717, 1.165) is 29.2 Å². The van der Waals surface area contributed by atoms with E-state index in [9.17, 15) is 26.3 Å². The average Bonchev–Trinajstić information content (AvgIpc) is 3.26. The van der Waals surface area contributed by atoms with Gasteiger partial charge >= 0.3 is 12.4 Å². The molecule has 0 amide bonds. The van der Waals surface area contributed by atoms with Crippen LogP contribution < -0.4 is 4.74 Å². The van der Waals surface area contributed by atoms with Crippen LogP contribution >= 0.6 is 0 Å². The van der Waals surface area contributed by atoms with Gasteiger partial charge in [-0.05, 0) is 24.3 Å². The number of halogens is 6. The fraction of sp³-hybridized carbons (Fsp3) is 0.250. The van der Waals surface area contributed by atoms with E-state index in [-0.39, 0.29) is 22.8 Å². The first-order chi connectivity index (χ1) is 13.5. The molecular formula is C16H11F6N5O2. The molecule has 2 heterocycles. The van der Waals surface area contributed by atoms with Crippen LogP contribution in [0.5, 0.6) is 5.75 Å². The number of benzene rings is 1. The lowest BCUT2D eigenvalue weighted by atomic mass is 10.1. The molecule has 13 heteroatoms. The number of ether oxygens (including phenoxy) is 1. The summed E-state index contributed by atoms with van der Waals surface area (Å²) < 4.78 is 86.8. The van der Waals surface area contributed by atoms with Crippen molar-refractivity contribution in [2.75, 3.05) is 7.11 Å². The first-order valence-electron chi connectivity index (χ1n) is 7.79. The number of hydrogen-bond acceptors (Lipinski definition) is 6. The SMILES string of the molecule is COc1cc(-c2ncn(/C=C\c3nonc3CC(F)(F)F)n2)cc(C(F)(F)F)c1. The van der Waals surface area contributed by atoms with Gasteiger partial charge in [0, 0.05) is 11.8 Å². The third kappa shape index (κ3) is 5.12. The Morgan fingerprint density at radius 1 is 1.10 bits per heavy atom. The van der Waals surface area contributed by atoms with Crippen LogP contribution in [0.1, 0.15) is 17.0 Å². The van der Waals surface area contributed by atoms with Crippen molar-refractivity contribution in [1.82, 2.24) is 25.1 Å². The molecule has 0 bridgehead atoms.